The molecule has 0 saturated carbocycles. The van der Waals surface area contributed by atoms with Crippen molar-refractivity contribution in [3.8, 4) is 0 Å². The Kier molecular flexibility index (Phi) is 3.10. The van der Waals surface area contributed by atoms with E-state index in [1.807, 2.05) is 0 Å². The van der Waals surface area contributed by atoms with Gasteiger partial charge in [-0.15, -0.1) is 6.58 Å². The van der Waals surface area contributed by atoms with Gasteiger partial charge in [-0.2, -0.15) is 0 Å². The molecule has 1 nitrogen and oxygen atoms in total. The van der Waals surface area contributed by atoms with Crippen LogP contribution in [0.4, 0.5) is 5.69 Å². The Bertz CT molecular complexity index is 328. The predicted molar refractivity (Wildman–Crippen MR) is 66.2 cm³/mol. The van der Waals surface area contributed by atoms with E-state index in [2.05, 4.69) is 48.7 Å². The molecule has 1 saturated heterocycles. The molecule has 0 amide bonds. The number of benzene rings is 1. The molecule has 0 radical (unpaired) electrons. The molecule has 1 fully saturated rings. The van der Waals surface area contributed by atoms with Crippen LogP contribution in [-0.2, 0) is 0 Å². The first kappa shape index (κ1) is 10.3. The third-order valence-corrected chi connectivity index (χ3v) is 3.05. The molecule has 0 spiro atoms. The number of anilines is 1. The molecule has 15 heavy (non-hydrogen) atoms. The van der Waals surface area contributed by atoms with Gasteiger partial charge in [-0.05, 0) is 38.3 Å². The Morgan fingerprint density at radius 2 is 2.13 bits per heavy atom. The molecule has 1 aliphatic rings. The fourth-order valence-electron chi connectivity index (χ4n) is 2.41. The first-order valence-corrected chi connectivity index (χ1v) is 5.73. The van der Waals surface area contributed by atoms with Crippen LogP contribution in [0, 0.1) is 0 Å². The molecule has 1 aromatic carbocycles. The van der Waals surface area contributed by atoms with Crippen LogP contribution in [-0.4, -0.2) is 12.6 Å². The molecule has 1 heteroatoms. The second-order valence-corrected chi connectivity index (χ2v) is 4.49. The third kappa shape index (κ3) is 2.41. The Hall–Kier alpha value is -1.24. The maximum absolute atomic E-state index is 4.02. The molecule has 0 aromatic heterocycles. The molecule has 0 aliphatic carbocycles. The average molecular weight is 201 g/mol. The average Bonchev–Trinajstić information content (AvgIpc) is 2.66. The van der Waals surface area contributed by atoms with E-state index in [1.54, 1.807) is 0 Å². The predicted octanol–water partition coefficient (Wildman–Crippen LogP) is 3.62. The highest BCUT2D eigenvalue weighted by Gasteiger charge is 2.24. The lowest BCUT2D eigenvalue weighted by Crippen LogP contribution is -2.29. The van der Waals surface area contributed by atoms with Gasteiger partial charge in [-0.25, -0.2) is 0 Å². The van der Waals surface area contributed by atoms with Crippen molar-refractivity contribution in [2.24, 2.45) is 0 Å². The van der Waals surface area contributed by atoms with Gasteiger partial charge in [0.2, 0.25) is 0 Å². The zero-order chi connectivity index (χ0) is 10.7. The Labute approximate surface area is 92.4 Å². The smallest absolute Gasteiger partial charge is 0.0368 e. The van der Waals surface area contributed by atoms with Crippen molar-refractivity contribution >= 4 is 5.69 Å². The van der Waals surface area contributed by atoms with Gasteiger partial charge >= 0.3 is 0 Å². The van der Waals surface area contributed by atoms with Crippen molar-refractivity contribution in [2.75, 3.05) is 11.4 Å². The van der Waals surface area contributed by atoms with Crippen LogP contribution in [0.15, 0.2) is 42.5 Å². The van der Waals surface area contributed by atoms with Crippen molar-refractivity contribution in [3.63, 3.8) is 0 Å². The van der Waals surface area contributed by atoms with E-state index in [4.69, 9.17) is 0 Å². The van der Waals surface area contributed by atoms with Gasteiger partial charge in [0.1, 0.15) is 0 Å². The van der Waals surface area contributed by atoms with Crippen LogP contribution in [0.1, 0.15) is 26.2 Å². The second kappa shape index (κ2) is 4.52. The second-order valence-electron chi connectivity index (χ2n) is 4.49. The minimum atomic E-state index is 0.671. The number of hydrogen-bond acceptors (Lipinski definition) is 1. The first-order valence-electron chi connectivity index (χ1n) is 5.73. The molecule has 0 N–H and O–H groups in total. The summed E-state index contributed by atoms with van der Waals surface area (Å²) in [6, 6.07) is 11.4. The summed E-state index contributed by atoms with van der Waals surface area (Å²) in [7, 11) is 0. The summed E-state index contributed by atoms with van der Waals surface area (Å²) in [5, 5.41) is 0. The van der Waals surface area contributed by atoms with Gasteiger partial charge in [-0.1, -0.05) is 23.8 Å². The fourth-order valence-corrected chi connectivity index (χ4v) is 2.41. The summed E-state index contributed by atoms with van der Waals surface area (Å²) >= 11 is 0. The molecular formula is C14H19N. The van der Waals surface area contributed by atoms with E-state index in [0.29, 0.717) is 6.04 Å². The Morgan fingerprint density at radius 3 is 2.80 bits per heavy atom. The Balaban J connectivity index is 2.11. The minimum Gasteiger partial charge on any atom is -0.368 e. The third-order valence-electron chi connectivity index (χ3n) is 3.05. The summed E-state index contributed by atoms with van der Waals surface area (Å²) in [4.78, 5) is 2.52. The van der Waals surface area contributed by atoms with Gasteiger partial charge in [0.25, 0.3) is 0 Å². The molecule has 1 aromatic rings. The van der Waals surface area contributed by atoms with Crippen LogP contribution < -0.4 is 4.90 Å². The van der Waals surface area contributed by atoms with Crippen LogP contribution in [0.25, 0.3) is 0 Å². The molecule has 0 unspecified atom stereocenters. The monoisotopic (exact) mass is 201 g/mol. The zero-order valence-corrected chi connectivity index (χ0v) is 9.45. The van der Waals surface area contributed by atoms with Crippen LogP contribution >= 0.6 is 0 Å². The van der Waals surface area contributed by atoms with E-state index in [-0.39, 0.29) is 0 Å². The molecule has 1 atom stereocenters. The first-order chi connectivity index (χ1) is 7.27. The van der Waals surface area contributed by atoms with E-state index >= 15 is 0 Å². The molecular weight excluding hydrogens is 182 g/mol. The van der Waals surface area contributed by atoms with Gasteiger partial charge < -0.3 is 4.90 Å². The maximum atomic E-state index is 4.02. The van der Waals surface area contributed by atoms with Gasteiger partial charge in [-0.3, -0.25) is 0 Å². The van der Waals surface area contributed by atoms with E-state index in [1.165, 1.54) is 30.6 Å². The molecule has 80 valence electrons. The van der Waals surface area contributed by atoms with Crippen molar-refractivity contribution in [2.45, 2.75) is 32.2 Å². The standard InChI is InChI=1S/C14H19N/c1-12(2)11-14-9-6-10-15(14)13-7-4-3-5-8-13/h3-5,7-8,14H,1,6,9-11H2,2H3/t14-/m1/s1. The zero-order valence-electron chi connectivity index (χ0n) is 9.45. The van der Waals surface area contributed by atoms with Crippen molar-refractivity contribution in [1.29, 1.82) is 0 Å². The van der Waals surface area contributed by atoms with Crippen LogP contribution in [0.3, 0.4) is 0 Å². The summed E-state index contributed by atoms with van der Waals surface area (Å²) in [5.41, 5.74) is 2.66. The topological polar surface area (TPSA) is 3.24 Å². The summed E-state index contributed by atoms with van der Waals surface area (Å²) in [6.45, 7) is 7.34. The largest absolute Gasteiger partial charge is 0.368 e. The highest BCUT2D eigenvalue weighted by Crippen LogP contribution is 2.28. The molecule has 1 heterocycles. The van der Waals surface area contributed by atoms with E-state index < -0.39 is 0 Å². The molecule has 1 aliphatic heterocycles. The quantitative estimate of drug-likeness (QED) is 0.675. The lowest BCUT2D eigenvalue weighted by atomic mass is 10.1. The normalized spacial score (nSPS) is 20.6. The summed E-state index contributed by atoms with van der Waals surface area (Å²) in [6.07, 6.45) is 3.75. The Morgan fingerprint density at radius 1 is 1.40 bits per heavy atom. The van der Waals surface area contributed by atoms with Crippen LogP contribution in [0.2, 0.25) is 0 Å². The number of rotatable bonds is 3. The van der Waals surface area contributed by atoms with Gasteiger partial charge in [0.05, 0.1) is 0 Å². The highest BCUT2D eigenvalue weighted by molar-refractivity contribution is 5.48. The summed E-state index contributed by atoms with van der Waals surface area (Å²) < 4.78 is 0. The number of nitrogens with zero attached hydrogens (tertiary/aromatic N) is 1. The van der Waals surface area contributed by atoms with Gasteiger partial charge in [0, 0.05) is 18.3 Å². The van der Waals surface area contributed by atoms with Crippen molar-refractivity contribution in [1.82, 2.24) is 0 Å². The maximum Gasteiger partial charge on any atom is 0.0368 e. The van der Waals surface area contributed by atoms with E-state index in [9.17, 15) is 0 Å². The van der Waals surface area contributed by atoms with Crippen LogP contribution in [0.5, 0.6) is 0 Å². The minimum absolute atomic E-state index is 0.671. The highest BCUT2D eigenvalue weighted by atomic mass is 15.2. The molecule has 2 rings (SSSR count). The fraction of sp³-hybridized carbons (Fsp3) is 0.429. The molecule has 0 bridgehead atoms. The van der Waals surface area contributed by atoms with Crippen molar-refractivity contribution in [3.05, 3.63) is 42.5 Å². The lowest BCUT2D eigenvalue weighted by Gasteiger charge is -2.27. The SMILES string of the molecule is C=C(C)C[C@H]1CCCN1c1ccccc1. The summed E-state index contributed by atoms with van der Waals surface area (Å²) in [5.74, 6) is 0. The lowest BCUT2D eigenvalue weighted by molar-refractivity contribution is 0.660. The van der Waals surface area contributed by atoms with E-state index in [0.717, 1.165) is 6.42 Å². The number of hydrogen-bond donors (Lipinski definition) is 0. The van der Waals surface area contributed by atoms with Crippen molar-refractivity contribution < 1.29 is 0 Å². The number of para-hydroxylation sites is 1. The van der Waals surface area contributed by atoms with Gasteiger partial charge in [0.15, 0.2) is 0 Å².